The third-order valence-electron chi connectivity index (χ3n) is 6.10. The van der Waals surface area contributed by atoms with Gasteiger partial charge >= 0.3 is 5.91 Å². The normalized spacial score (nSPS) is 36.6. The molecule has 1 N–H and O–H groups in total. The largest absolute Gasteiger partial charge is 0.456 e. The molecule has 0 aromatic carbocycles. The van der Waals surface area contributed by atoms with E-state index in [1.165, 1.54) is 38.5 Å². The van der Waals surface area contributed by atoms with Crippen LogP contribution in [0.3, 0.4) is 0 Å². The summed E-state index contributed by atoms with van der Waals surface area (Å²) in [5.41, 5.74) is 4.06. The van der Waals surface area contributed by atoms with Gasteiger partial charge in [-0.1, -0.05) is 0 Å². The van der Waals surface area contributed by atoms with E-state index in [0.29, 0.717) is 5.76 Å². The predicted octanol–water partition coefficient (Wildman–Crippen LogP) is 3.91. The maximum Gasteiger partial charge on any atom is 0.307 e. The van der Waals surface area contributed by atoms with Crippen molar-refractivity contribution in [1.82, 2.24) is 5.43 Å². The van der Waals surface area contributed by atoms with E-state index in [-0.39, 0.29) is 11.3 Å². The second-order valence-corrected chi connectivity index (χ2v) is 7.75. The van der Waals surface area contributed by atoms with E-state index in [4.69, 9.17) is 4.42 Å². The van der Waals surface area contributed by atoms with Crippen LogP contribution in [0.5, 0.6) is 0 Å². The summed E-state index contributed by atoms with van der Waals surface area (Å²) in [6.07, 6.45) is 8.07. The summed E-state index contributed by atoms with van der Waals surface area (Å²) in [5.74, 6) is 3.49. The molecule has 4 fully saturated rings. The molecule has 4 aliphatic carbocycles. The van der Waals surface area contributed by atoms with Crippen molar-refractivity contribution in [2.24, 2.45) is 28.3 Å². The zero-order valence-electron chi connectivity index (χ0n) is 13.4. The van der Waals surface area contributed by atoms with Crippen LogP contribution in [0.25, 0.3) is 0 Å². The van der Waals surface area contributed by atoms with Crippen LogP contribution >= 0.6 is 0 Å². The van der Waals surface area contributed by atoms with Gasteiger partial charge in [0.2, 0.25) is 0 Å². The Morgan fingerprint density at radius 1 is 1.18 bits per heavy atom. The molecule has 0 radical (unpaired) electrons. The number of nitrogens with one attached hydrogen (secondary N) is 1. The van der Waals surface area contributed by atoms with E-state index < -0.39 is 0 Å². The van der Waals surface area contributed by atoms with Crippen LogP contribution in [0.2, 0.25) is 0 Å². The molecular weight excluding hydrogens is 276 g/mol. The average molecular weight is 300 g/mol. The first-order valence-electron chi connectivity index (χ1n) is 8.46. The van der Waals surface area contributed by atoms with Gasteiger partial charge in [-0.2, -0.15) is 5.10 Å². The predicted molar refractivity (Wildman–Crippen MR) is 84.6 cm³/mol. The van der Waals surface area contributed by atoms with Crippen LogP contribution in [-0.2, 0) is 0 Å². The van der Waals surface area contributed by atoms with Crippen LogP contribution in [0.1, 0.15) is 61.8 Å². The van der Waals surface area contributed by atoms with Crippen molar-refractivity contribution in [3.05, 3.63) is 23.7 Å². The van der Waals surface area contributed by atoms with Crippen molar-refractivity contribution in [3.8, 4) is 0 Å². The highest BCUT2D eigenvalue weighted by atomic mass is 16.3. The molecule has 5 rings (SSSR count). The Balaban J connectivity index is 1.49. The van der Waals surface area contributed by atoms with Crippen LogP contribution in [-0.4, -0.2) is 11.6 Å². The molecule has 4 nitrogen and oxygen atoms in total. The van der Waals surface area contributed by atoms with Crippen molar-refractivity contribution in [1.29, 1.82) is 0 Å². The molecule has 1 amide bonds. The first-order chi connectivity index (χ1) is 10.5. The number of carbonyl (C=O) groups excluding carboxylic acids is 1. The smallest absolute Gasteiger partial charge is 0.307 e. The monoisotopic (exact) mass is 300 g/mol. The van der Waals surface area contributed by atoms with Crippen molar-refractivity contribution in [2.75, 3.05) is 0 Å². The number of furan rings is 1. The van der Waals surface area contributed by atoms with Gasteiger partial charge in [-0.05, 0) is 82.3 Å². The number of nitrogens with zero attached hydrogens (tertiary/aromatic N) is 1. The van der Waals surface area contributed by atoms with E-state index >= 15 is 0 Å². The highest BCUT2D eigenvalue weighted by molar-refractivity contribution is 5.94. The summed E-state index contributed by atoms with van der Waals surface area (Å²) in [6, 6.07) is 3.49. The Labute approximate surface area is 131 Å². The van der Waals surface area contributed by atoms with Crippen LogP contribution in [0.4, 0.5) is 0 Å². The lowest BCUT2D eigenvalue weighted by Crippen LogP contribution is -2.49. The third-order valence-corrected chi connectivity index (χ3v) is 6.10. The molecule has 4 saturated carbocycles. The third kappa shape index (κ3) is 2.29. The van der Waals surface area contributed by atoms with Crippen LogP contribution in [0.15, 0.2) is 21.7 Å². The Morgan fingerprint density at radius 3 is 2.27 bits per heavy atom. The summed E-state index contributed by atoms with van der Waals surface area (Å²) in [4.78, 5) is 12.1. The highest BCUT2D eigenvalue weighted by Gasteiger charge is 2.52. The van der Waals surface area contributed by atoms with E-state index in [0.717, 1.165) is 29.2 Å². The van der Waals surface area contributed by atoms with Crippen LogP contribution < -0.4 is 5.43 Å². The van der Waals surface area contributed by atoms with Gasteiger partial charge in [0.15, 0.2) is 5.76 Å². The van der Waals surface area contributed by atoms with Crippen molar-refractivity contribution in [3.63, 3.8) is 0 Å². The molecule has 118 valence electrons. The zero-order chi connectivity index (χ0) is 15.3. The summed E-state index contributed by atoms with van der Waals surface area (Å²) in [6.45, 7) is 3.93. The number of hydrogen-bond donors (Lipinski definition) is 1. The molecule has 0 unspecified atom stereocenters. The summed E-state index contributed by atoms with van der Waals surface area (Å²) < 4.78 is 5.35. The molecule has 4 aliphatic rings. The molecule has 1 heterocycles. The standard InChI is InChI=1S/C18H24N2O2/c1-11-3-4-16(22-11)17(21)20-19-12(2)18-8-13-5-14(9-18)7-15(6-13)10-18/h3-4,13-15H,5-10H2,1-2H3,(H,20,21)/b19-12-. The average Bonchev–Trinajstić information content (AvgIpc) is 2.89. The maximum absolute atomic E-state index is 12.1. The first kappa shape index (κ1) is 14.0. The molecule has 0 atom stereocenters. The number of hydrazone groups is 1. The van der Waals surface area contributed by atoms with Gasteiger partial charge in [0.05, 0.1) is 0 Å². The first-order valence-corrected chi connectivity index (χ1v) is 8.46. The number of aryl methyl sites for hydroxylation is 1. The van der Waals surface area contributed by atoms with Gasteiger partial charge in [-0.3, -0.25) is 4.79 Å². The molecule has 4 heteroatoms. The summed E-state index contributed by atoms with van der Waals surface area (Å²) in [5, 5.41) is 4.46. The minimum atomic E-state index is -0.253. The number of rotatable bonds is 3. The minimum Gasteiger partial charge on any atom is -0.456 e. The van der Waals surface area contributed by atoms with E-state index in [1.54, 1.807) is 12.1 Å². The Morgan fingerprint density at radius 2 is 1.77 bits per heavy atom. The SMILES string of the molecule is C/C(=N/NC(=O)c1ccc(C)o1)C12CC3CC(CC(C3)C1)C2. The van der Waals surface area contributed by atoms with E-state index in [9.17, 15) is 4.79 Å². The van der Waals surface area contributed by atoms with E-state index in [2.05, 4.69) is 17.5 Å². The van der Waals surface area contributed by atoms with Gasteiger partial charge in [-0.25, -0.2) is 5.43 Å². The van der Waals surface area contributed by atoms with Gasteiger partial charge in [0.25, 0.3) is 0 Å². The van der Waals surface area contributed by atoms with Gasteiger partial charge < -0.3 is 4.42 Å². The van der Waals surface area contributed by atoms with Gasteiger partial charge in [0.1, 0.15) is 5.76 Å². The van der Waals surface area contributed by atoms with Crippen LogP contribution in [0, 0.1) is 30.1 Å². The van der Waals surface area contributed by atoms with Gasteiger partial charge in [0, 0.05) is 11.1 Å². The minimum absolute atomic E-state index is 0.251. The summed E-state index contributed by atoms with van der Waals surface area (Å²) >= 11 is 0. The highest BCUT2D eigenvalue weighted by Crippen LogP contribution is 2.60. The lowest BCUT2D eigenvalue weighted by molar-refractivity contribution is -0.0128. The van der Waals surface area contributed by atoms with E-state index in [1.807, 2.05) is 6.92 Å². The topological polar surface area (TPSA) is 54.6 Å². The number of carbonyl (C=O) groups is 1. The quantitative estimate of drug-likeness (QED) is 0.679. The molecule has 1 aromatic heterocycles. The number of amides is 1. The van der Waals surface area contributed by atoms with Crippen molar-refractivity contribution >= 4 is 11.6 Å². The molecule has 4 bridgehead atoms. The second kappa shape index (κ2) is 4.97. The lowest BCUT2D eigenvalue weighted by atomic mass is 9.48. The molecule has 0 spiro atoms. The Bertz CT molecular complexity index is 594. The second-order valence-electron chi connectivity index (χ2n) is 7.75. The molecule has 1 aromatic rings. The van der Waals surface area contributed by atoms with Crippen molar-refractivity contribution < 1.29 is 9.21 Å². The molecule has 0 aliphatic heterocycles. The molecule has 22 heavy (non-hydrogen) atoms. The fraction of sp³-hybridized carbons (Fsp3) is 0.667. The maximum atomic E-state index is 12.1. The lowest BCUT2D eigenvalue weighted by Gasteiger charge is -2.56. The summed E-state index contributed by atoms with van der Waals surface area (Å²) in [7, 11) is 0. The zero-order valence-corrected chi connectivity index (χ0v) is 13.4. The number of hydrogen-bond acceptors (Lipinski definition) is 3. The fourth-order valence-electron chi connectivity index (χ4n) is 5.42. The molecule has 0 saturated heterocycles. The molecular formula is C18H24N2O2. The Kier molecular flexibility index (Phi) is 3.17. The van der Waals surface area contributed by atoms with Crippen molar-refractivity contribution in [2.45, 2.75) is 52.4 Å². The fourth-order valence-corrected chi connectivity index (χ4v) is 5.42. The Hall–Kier alpha value is -1.58. The van der Waals surface area contributed by atoms with Gasteiger partial charge in [-0.15, -0.1) is 0 Å².